The predicted molar refractivity (Wildman–Crippen MR) is 156 cm³/mol. The number of carbonyl (C=O) groups is 1. The van der Waals surface area contributed by atoms with E-state index >= 15 is 0 Å². The van der Waals surface area contributed by atoms with E-state index in [1.807, 2.05) is 26.8 Å². The van der Waals surface area contributed by atoms with Gasteiger partial charge in [-0.25, -0.2) is 19.9 Å². The molecule has 4 heterocycles. The van der Waals surface area contributed by atoms with E-state index in [0.717, 1.165) is 31.3 Å². The van der Waals surface area contributed by atoms with Gasteiger partial charge in [-0.3, -0.25) is 4.79 Å². The highest BCUT2D eigenvalue weighted by molar-refractivity contribution is 7.95. The average Bonchev–Trinajstić information content (AvgIpc) is 3.38. The fourth-order valence-electron chi connectivity index (χ4n) is 3.30. The predicted octanol–water partition coefficient (Wildman–Crippen LogP) is 6.09. The van der Waals surface area contributed by atoms with Crippen LogP contribution in [0.25, 0.3) is 16.9 Å². The number of ether oxygens (including phenoxy) is 1. The van der Waals surface area contributed by atoms with Gasteiger partial charge in [-0.05, 0) is 69.9 Å². The number of amides is 1. The Balaban J connectivity index is 0.000000663. The Morgan fingerprint density at radius 3 is 2.60 bits per heavy atom. The van der Waals surface area contributed by atoms with Crippen LogP contribution in [-0.2, 0) is 4.79 Å². The zero-order chi connectivity index (χ0) is 29.1. The van der Waals surface area contributed by atoms with Gasteiger partial charge in [0, 0.05) is 17.1 Å². The van der Waals surface area contributed by atoms with Gasteiger partial charge >= 0.3 is 0 Å². The molecule has 2 N–H and O–H groups in total. The van der Waals surface area contributed by atoms with Gasteiger partial charge in [-0.2, -0.15) is 15.0 Å². The molecule has 0 aliphatic heterocycles. The van der Waals surface area contributed by atoms with Crippen LogP contribution in [0.3, 0.4) is 0 Å². The molecule has 4 rings (SSSR count). The Morgan fingerprint density at radius 1 is 1.20 bits per heavy atom. The largest absolute Gasteiger partial charge is 0.464 e. The van der Waals surface area contributed by atoms with Crippen molar-refractivity contribution >= 4 is 46.4 Å². The van der Waals surface area contributed by atoms with Crippen LogP contribution in [-0.4, -0.2) is 51.0 Å². The first-order valence-electron chi connectivity index (χ1n) is 12.6. The highest BCUT2D eigenvalue weighted by Crippen LogP contribution is 2.27. The van der Waals surface area contributed by atoms with Crippen LogP contribution < -0.4 is 10.1 Å². The molecular weight excluding hydrogens is 552 g/mol. The minimum atomic E-state index is -0.816. The Kier molecular flexibility index (Phi) is 11.2. The molecule has 0 bridgehead atoms. The molecule has 4 aromatic heterocycles. The normalized spacial score (nSPS) is 11.7. The molecule has 0 saturated carbocycles. The van der Waals surface area contributed by atoms with E-state index < -0.39 is 6.10 Å². The van der Waals surface area contributed by atoms with E-state index in [-0.39, 0.29) is 16.5 Å². The van der Waals surface area contributed by atoms with E-state index in [1.54, 1.807) is 36.7 Å². The Bertz CT molecular complexity index is 1450. The summed E-state index contributed by atoms with van der Waals surface area (Å²) in [4.78, 5) is 30.0. The van der Waals surface area contributed by atoms with Crippen molar-refractivity contribution in [1.82, 2.24) is 29.7 Å². The van der Waals surface area contributed by atoms with Crippen LogP contribution in [0.2, 0.25) is 5.02 Å². The minimum absolute atomic E-state index is 0.0139. The van der Waals surface area contributed by atoms with Crippen LogP contribution in [0.5, 0.6) is 5.88 Å². The lowest BCUT2D eigenvalue weighted by Gasteiger charge is -2.18. The molecule has 40 heavy (non-hydrogen) atoms. The third-order valence-corrected chi connectivity index (χ3v) is 6.15. The molecule has 0 spiro atoms. The third-order valence-electron chi connectivity index (χ3n) is 5.30. The monoisotopic (exact) mass is 582 g/mol. The number of nitrogens with one attached hydrogen (secondary N) is 1. The number of fused-ring (bicyclic) bond motifs is 1. The highest BCUT2D eigenvalue weighted by Gasteiger charge is 2.24. The van der Waals surface area contributed by atoms with Crippen molar-refractivity contribution in [3.8, 4) is 17.8 Å². The minimum Gasteiger partial charge on any atom is -0.464 e. The molecule has 13 heteroatoms. The summed E-state index contributed by atoms with van der Waals surface area (Å²) in [6.45, 7) is 7.95. The summed E-state index contributed by atoms with van der Waals surface area (Å²) >= 11 is 7.16. The van der Waals surface area contributed by atoms with Crippen LogP contribution in [0.15, 0.2) is 49.2 Å². The number of carbonyl (C=O) groups excluding carboxylic acids is 1. The molecule has 4 aromatic rings. The van der Waals surface area contributed by atoms with E-state index in [9.17, 15) is 4.79 Å². The van der Waals surface area contributed by atoms with Crippen molar-refractivity contribution in [3.63, 3.8) is 0 Å². The molecule has 1 amide bonds. The van der Waals surface area contributed by atoms with Gasteiger partial charge in [-0.15, -0.1) is 0 Å². The molecule has 1 unspecified atom stereocenters. The summed E-state index contributed by atoms with van der Waals surface area (Å²) in [7, 11) is 0. The third kappa shape index (κ3) is 8.61. The van der Waals surface area contributed by atoms with Crippen molar-refractivity contribution in [2.24, 2.45) is 0 Å². The standard InChI is InChI=1S/C23H21ClN8O2.C4H10OS/c1-2-3-4-7-18(22(33)31-19-9-8-15(11-25)12-27-19)34-23-16-13-30-32(20(16)28-14-29-23)21-17(24)6-5-10-26-21;1-4(2,3)6-5/h5-6,8-10,12-14,18H,2-4,7H2,1H3,(H,27,31,33);5H,1-3H3. The second-order valence-electron chi connectivity index (χ2n) is 9.62. The summed E-state index contributed by atoms with van der Waals surface area (Å²) in [5.74, 6) is 0.625. The van der Waals surface area contributed by atoms with E-state index in [1.165, 1.54) is 17.2 Å². The molecular formula is C27H31ClN8O3S. The first kappa shape index (κ1) is 30.7. The molecule has 1 atom stereocenters. The smallest absolute Gasteiger partial charge is 0.266 e. The SMILES string of the molecule is CC(C)(C)SO.CCCCCC(Oc1ncnc2c1cnn2-c1ncccc1Cl)C(=O)Nc1ccc(C#N)cn1. The topological polar surface area (TPSA) is 152 Å². The summed E-state index contributed by atoms with van der Waals surface area (Å²) in [5.41, 5.74) is 0.856. The molecule has 0 radical (unpaired) electrons. The molecule has 0 fully saturated rings. The number of rotatable bonds is 9. The maximum atomic E-state index is 13.0. The number of anilines is 1. The molecule has 11 nitrogen and oxygen atoms in total. The fraction of sp³-hybridized carbons (Fsp3) is 0.370. The Morgan fingerprint density at radius 2 is 1.98 bits per heavy atom. The van der Waals surface area contributed by atoms with Crippen LogP contribution >= 0.6 is 23.6 Å². The average molecular weight is 583 g/mol. The van der Waals surface area contributed by atoms with Crippen molar-refractivity contribution in [2.75, 3.05) is 5.32 Å². The molecule has 0 saturated heterocycles. The fourth-order valence-corrected chi connectivity index (χ4v) is 3.51. The van der Waals surface area contributed by atoms with Crippen LogP contribution in [0, 0.1) is 11.3 Å². The van der Waals surface area contributed by atoms with Gasteiger partial charge < -0.3 is 14.6 Å². The van der Waals surface area contributed by atoms with Gasteiger partial charge in [0.15, 0.2) is 17.6 Å². The Labute approximate surface area is 242 Å². The molecule has 0 aliphatic rings. The lowest BCUT2D eigenvalue weighted by Crippen LogP contribution is -2.33. The van der Waals surface area contributed by atoms with Gasteiger partial charge in [-0.1, -0.05) is 31.4 Å². The van der Waals surface area contributed by atoms with Gasteiger partial charge in [0.05, 0.1) is 16.8 Å². The highest BCUT2D eigenvalue weighted by atomic mass is 35.5. The van der Waals surface area contributed by atoms with Gasteiger partial charge in [0.2, 0.25) is 5.88 Å². The van der Waals surface area contributed by atoms with Crippen LogP contribution in [0.4, 0.5) is 5.82 Å². The number of nitrogens with zero attached hydrogens (tertiary/aromatic N) is 7. The number of aromatic nitrogens is 6. The maximum absolute atomic E-state index is 13.0. The zero-order valence-electron chi connectivity index (χ0n) is 22.7. The van der Waals surface area contributed by atoms with Gasteiger partial charge in [0.1, 0.15) is 23.6 Å². The second kappa shape index (κ2) is 14.6. The number of halogens is 1. The number of pyridine rings is 2. The van der Waals surface area contributed by atoms with Crippen molar-refractivity contribution < 1.29 is 14.1 Å². The zero-order valence-corrected chi connectivity index (χ0v) is 24.3. The van der Waals surface area contributed by atoms with Crippen molar-refractivity contribution in [2.45, 2.75) is 64.2 Å². The number of unbranched alkanes of at least 4 members (excludes halogenated alkanes) is 2. The number of nitriles is 1. The summed E-state index contributed by atoms with van der Waals surface area (Å²) in [6, 6.07) is 8.59. The first-order chi connectivity index (χ1) is 19.2. The second-order valence-corrected chi connectivity index (χ2v) is 11.4. The van der Waals surface area contributed by atoms with E-state index in [4.69, 9.17) is 26.2 Å². The van der Waals surface area contributed by atoms with Crippen LogP contribution in [0.1, 0.15) is 58.9 Å². The van der Waals surface area contributed by atoms with E-state index in [0.29, 0.717) is 39.7 Å². The number of hydrogen-bond acceptors (Lipinski definition) is 10. The van der Waals surface area contributed by atoms with Crippen molar-refractivity contribution in [3.05, 3.63) is 59.8 Å². The lowest BCUT2D eigenvalue weighted by atomic mass is 10.1. The lowest BCUT2D eigenvalue weighted by molar-refractivity contribution is -0.123. The molecule has 0 aromatic carbocycles. The van der Waals surface area contributed by atoms with Gasteiger partial charge in [0.25, 0.3) is 5.91 Å². The quantitative estimate of drug-likeness (QED) is 0.175. The Hall–Kier alpha value is -3.79. The number of hydrogen-bond donors (Lipinski definition) is 2. The first-order valence-corrected chi connectivity index (χ1v) is 13.8. The molecule has 0 aliphatic carbocycles. The summed E-state index contributed by atoms with van der Waals surface area (Å²) in [5, 5.41) is 17.0. The molecule has 210 valence electrons. The van der Waals surface area contributed by atoms with E-state index in [2.05, 4.69) is 37.3 Å². The summed E-state index contributed by atoms with van der Waals surface area (Å²) in [6.07, 6.45) is 8.33. The summed E-state index contributed by atoms with van der Waals surface area (Å²) < 4.78 is 15.9. The maximum Gasteiger partial charge on any atom is 0.266 e. The van der Waals surface area contributed by atoms with Crippen molar-refractivity contribution in [1.29, 1.82) is 5.26 Å².